The number of nitrogens with one attached hydrogen (secondary N) is 1. The van der Waals surface area contributed by atoms with Crippen molar-refractivity contribution in [1.29, 1.82) is 0 Å². The first kappa shape index (κ1) is 13.2. The number of thiazole rings is 1. The Morgan fingerprint density at radius 2 is 2.30 bits per heavy atom. The van der Waals surface area contributed by atoms with Gasteiger partial charge in [-0.25, -0.2) is 18.1 Å². The highest BCUT2D eigenvalue weighted by Crippen LogP contribution is 2.23. The number of aromatic nitrogens is 2. The van der Waals surface area contributed by atoms with E-state index in [1.54, 1.807) is 30.6 Å². The van der Waals surface area contributed by atoms with Crippen molar-refractivity contribution in [2.75, 3.05) is 5.73 Å². The van der Waals surface area contributed by atoms with Gasteiger partial charge in [-0.2, -0.15) is 0 Å². The highest BCUT2D eigenvalue weighted by atomic mass is 32.2. The summed E-state index contributed by atoms with van der Waals surface area (Å²) in [5, 5.41) is 1.70. The van der Waals surface area contributed by atoms with Gasteiger partial charge in [0.1, 0.15) is 11.5 Å². The SMILES string of the molecule is Cc1ccc(CNS(=O)(=O)c2c(N)nc3sccn23)o1. The molecule has 3 aromatic heterocycles. The number of rotatable bonds is 4. The summed E-state index contributed by atoms with van der Waals surface area (Å²) in [6.45, 7) is 1.86. The van der Waals surface area contributed by atoms with Crippen molar-refractivity contribution in [3.63, 3.8) is 0 Å². The lowest BCUT2D eigenvalue weighted by molar-refractivity contribution is 0.475. The number of hydrogen-bond donors (Lipinski definition) is 2. The Bertz CT molecular complexity index is 859. The average molecular weight is 312 g/mol. The standard InChI is InChI=1S/C11H12N4O3S2/c1-7-2-3-8(18-7)6-13-20(16,17)10-9(12)14-11-15(10)4-5-19-11/h2-5,13H,6,12H2,1H3. The van der Waals surface area contributed by atoms with Gasteiger partial charge in [0.05, 0.1) is 6.54 Å². The third-order valence-corrected chi connectivity index (χ3v) is 4.93. The van der Waals surface area contributed by atoms with E-state index in [9.17, 15) is 8.42 Å². The number of imidazole rings is 1. The smallest absolute Gasteiger partial charge is 0.260 e. The van der Waals surface area contributed by atoms with Gasteiger partial charge in [0.25, 0.3) is 10.0 Å². The number of sulfonamides is 1. The molecule has 106 valence electrons. The number of furan rings is 1. The molecule has 0 aliphatic carbocycles. The summed E-state index contributed by atoms with van der Waals surface area (Å²) in [6.07, 6.45) is 1.62. The molecule has 0 atom stereocenters. The third kappa shape index (κ3) is 2.19. The zero-order chi connectivity index (χ0) is 14.3. The highest BCUT2D eigenvalue weighted by molar-refractivity contribution is 7.89. The first-order valence-electron chi connectivity index (χ1n) is 5.73. The van der Waals surface area contributed by atoms with E-state index in [4.69, 9.17) is 10.2 Å². The van der Waals surface area contributed by atoms with Gasteiger partial charge < -0.3 is 10.2 Å². The number of nitrogen functional groups attached to an aromatic ring is 1. The van der Waals surface area contributed by atoms with E-state index in [1.165, 1.54) is 15.7 Å². The number of fused-ring (bicyclic) bond motifs is 1. The Hall–Kier alpha value is -1.84. The lowest BCUT2D eigenvalue weighted by atomic mass is 10.4. The minimum absolute atomic E-state index is 0.0139. The number of nitrogens with zero attached hydrogens (tertiary/aromatic N) is 2. The Morgan fingerprint density at radius 3 is 3.00 bits per heavy atom. The molecule has 7 nitrogen and oxygen atoms in total. The number of aryl methyl sites for hydroxylation is 1. The maximum absolute atomic E-state index is 12.3. The minimum Gasteiger partial charge on any atom is -0.465 e. The second-order valence-corrected chi connectivity index (χ2v) is 6.75. The Morgan fingerprint density at radius 1 is 1.50 bits per heavy atom. The average Bonchev–Trinajstić information content (AvgIpc) is 3.02. The third-order valence-electron chi connectivity index (χ3n) is 2.73. The summed E-state index contributed by atoms with van der Waals surface area (Å²) < 4.78 is 33.9. The Balaban J connectivity index is 1.91. The lowest BCUT2D eigenvalue weighted by Gasteiger charge is -2.04. The number of hydrogen-bond acceptors (Lipinski definition) is 6. The van der Waals surface area contributed by atoms with Crippen LogP contribution < -0.4 is 10.5 Å². The molecule has 0 radical (unpaired) electrons. The number of anilines is 1. The first-order chi connectivity index (χ1) is 9.47. The summed E-state index contributed by atoms with van der Waals surface area (Å²) in [4.78, 5) is 4.55. The van der Waals surface area contributed by atoms with Crippen molar-refractivity contribution in [2.24, 2.45) is 0 Å². The van der Waals surface area contributed by atoms with Gasteiger partial charge in [0.15, 0.2) is 15.8 Å². The molecule has 0 fully saturated rings. The second-order valence-electron chi connectivity index (χ2n) is 4.19. The predicted octanol–water partition coefficient (Wildman–Crippen LogP) is 1.36. The summed E-state index contributed by atoms with van der Waals surface area (Å²) in [6, 6.07) is 3.49. The zero-order valence-electron chi connectivity index (χ0n) is 10.5. The molecule has 0 spiro atoms. The zero-order valence-corrected chi connectivity index (χ0v) is 12.2. The van der Waals surface area contributed by atoms with Crippen LogP contribution >= 0.6 is 11.3 Å². The molecule has 0 saturated carbocycles. The molecule has 0 bridgehead atoms. The van der Waals surface area contributed by atoms with Crippen LogP contribution in [0.2, 0.25) is 0 Å². The largest absolute Gasteiger partial charge is 0.465 e. The minimum atomic E-state index is -3.76. The second kappa shape index (κ2) is 4.62. The highest BCUT2D eigenvalue weighted by Gasteiger charge is 2.24. The molecule has 0 aromatic carbocycles. The van der Waals surface area contributed by atoms with E-state index in [0.717, 1.165) is 5.76 Å². The molecule has 3 N–H and O–H groups in total. The van der Waals surface area contributed by atoms with Crippen LogP contribution in [0.3, 0.4) is 0 Å². The number of nitrogens with two attached hydrogens (primary N) is 1. The van der Waals surface area contributed by atoms with Crippen LogP contribution in [0.5, 0.6) is 0 Å². The van der Waals surface area contributed by atoms with Crippen LogP contribution in [0.15, 0.2) is 33.2 Å². The topological polar surface area (TPSA) is 103 Å². The van der Waals surface area contributed by atoms with Gasteiger partial charge in [-0.1, -0.05) is 0 Å². The molecule has 3 heterocycles. The van der Waals surface area contributed by atoms with Gasteiger partial charge in [0.2, 0.25) is 0 Å². The van der Waals surface area contributed by atoms with Crippen LogP contribution in [0.1, 0.15) is 11.5 Å². The Labute approximate surface area is 119 Å². The molecule has 0 aliphatic rings. The van der Waals surface area contributed by atoms with Gasteiger partial charge in [-0.15, -0.1) is 11.3 Å². The van der Waals surface area contributed by atoms with E-state index in [0.29, 0.717) is 10.7 Å². The normalized spacial score (nSPS) is 12.2. The van der Waals surface area contributed by atoms with E-state index >= 15 is 0 Å². The fraction of sp³-hybridized carbons (Fsp3) is 0.182. The molecule has 20 heavy (non-hydrogen) atoms. The molecule has 0 unspecified atom stereocenters. The fourth-order valence-electron chi connectivity index (χ4n) is 1.86. The monoisotopic (exact) mass is 312 g/mol. The molecule has 0 amide bonds. The van der Waals surface area contributed by atoms with E-state index in [1.807, 2.05) is 0 Å². The fourth-order valence-corrected chi connectivity index (χ4v) is 3.84. The quantitative estimate of drug-likeness (QED) is 0.757. The summed E-state index contributed by atoms with van der Waals surface area (Å²) in [5.74, 6) is 1.25. The maximum Gasteiger partial charge on any atom is 0.260 e. The molecular formula is C11H12N4O3S2. The first-order valence-corrected chi connectivity index (χ1v) is 8.09. The maximum atomic E-state index is 12.3. The lowest BCUT2D eigenvalue weighted by Crippen LogP contribution is -2.25. The van der Waals surface area contributed by atoms with Crippen molar-refractivity contribution in [3.8, 4) is 0 Å². The van der Waals surface area contributed by atoms with Crippen molar-refractivity contribution < 1.29 is 12.8 Å². The van der Waals surface area contributed by atoms with Crippen LogP contribution in [0.4, 0.5) is 5.82 Å². The summed E-state index contributed by atoms with van der Waals surface area (Å²) in [5.41, 5.74) is 5.69. The molecule has 3 aromatic rings. The van der Waals surface area contributed by atoms with E-state index in [2.05, 4.69) is 9.71 Å². The van der Waals surface area contributed by atoms with E-state index < -0.39 is 10.0 Å². The summed E-state index contributed by atoms with van der Waals surface area (Å²) >= 11 is 1.32. The van der Waals surface area contributed by atoms with Crippen molar-refractivity contribution >= 4 is 32.1 Å². The molecular weight excluding hydrogens is 300 g/mol. The molecule has 3 rings (SSSR count). The van der Waals surface area contributed by atoms with Gasteiger partial charge in [-0.05, 0) is 19.1 Å². The van der Waals surface area contributed by atoms with Gasteiger partial charge >= 0.3 is 0 Å². The Kier molecular flexibility index (Phi) is 3.04. The molecule has 9 heteroatoms. The van der Waals surface area contributed by atoms with Crippen molar-refractivity contribution in [1.82, 2.24) is 14.1 Å². The van der Waals surface area contributed by atoms with Crippen LogP contribution in [0.25, 0.3) is 4.96 Å². The van der Waals surface area contributed by atoms with Crippen LogP contribution in [-0.4, -0.2) is 17.8 Å². The van der Waals surface area contributed by atoms with Crippen LogP contribution in [-0.2, 0) is 16.6 Å². The van der Waals surface area contributed by atoms with Crippen molar-refractivity contribution in [3.05, 3.63) is 35.2 Å². The van der Waals surface area contributed by atoms with Crippen molar-refractivity contribution in [2.45, 2.75) is 18.5 Å². The van der Waals surface area contributed by atoms with E-state index in [-0.39, 0.29) is 17.4 Å². The predicted molar refractivity (Wildman–Crippen MR) is 75.0 cm³/mol. The van der Waals surface area contributed by atoms with Gasteiger partial charge in [0, 0.05) is 11.6 Å². The molecule has 0 aliphatic heterocycles. The van der Waals surface area contributed by atoms with Gasteiger partial charge in [-0.3, -0.25) is 4.40 Å². The molecule has 0 saturated heterocycles. The van der Waals surface area contributed by atoms with Crippen LogP contribution in [0, 0.1) is 6.92 Å². The summed E-state index contributed by atoms with van der Waals surface area (Å²) in [7, 11) is -3.76.